The highest BCUT2D eigenvalue weighted by atomic mass is 32.2. The number of para-hydroxylation sites is 1. The number of aromatic nitrogens is 1. The van der Waals surface area contributed by atoms with E-state index in [2.05, 4.69) is 54.6 Å². The standard InChI is InChI=1S/C24H25N3O2S/c1-24(2,3)17-8-10-18(11-9-17)29-13-12-27-15-16(19-6-4-5-7-20(19)27)14-21-22(28)26-23(25)30-21/h4-11,14-15H,12-13H2,1-3H3,(H2,25,26,28). The van der Waals surface area contributed by atoms with Crippen molar-refractivity contribution in [3.63, 3.8) is 0 Å². The number of fused-ring (bicyclic) bond motifs is 1. The lowest BCUT2D eigenvalue weighted by atomic mass is 9.87. The van der Waals surface area contributed by atoms with E-state index in [1.54, 1.807) is 0 Å². The number of amides is 1. The summed E-state index contributed by atoms with van der Waals surface area (Å²) in [5.74, 6) is 0.582. The minimum absolute atomic E-state index is 0.127. The number of nitrogens with two attached hydrogens (primary N) is 1. The van der Waals surface area contributed by atoms with Gasteiger partial charge >= 0.3 is 0 Å². The molecule has 0 aliphatic carbocycles. The number of aliphatic imine (C=N–C) groups is 1. The molecule has 154 valence electrons. The lowest BCUT2D eigenvalue weighted by Gasteiger charge is -2.19. The van der Waals surface area contributed by atoms with Gasteiger partial charge in [-0.05, 0) is 47.0 Å². The first kappa shape index (κ1) is 20.3. The summed E-state index contributed by atoms with van der Waals surface area (Å²) in [5.41, 5.74) is 9.15. The number of benzene rings is 2. The molecule has 2 heterocycles. The van der Waals surface area contributed by atoms with E-state index in [1.807, 2.05) is 36.5 Å². The summed E-state index contributed by atoms with van der Waals surface area (Å²) in [4.78, 5) is 16.3. The topological polar surface area (TPSA) is 69.6 Å². The third-order valence-electron chi connectivity index (χ3n) is 5.06. The fourth-order valence-electron chi connectivity index (χ4n) is 3.45. The Morgan fingerprint density at radius 1 is 1.13 bits per heavy atom. The maximum atomic E-state index is 12.0. The Morgan fingerprint density at radius 2 is 1.87 bits per heavy atom. The van der Waals surface area contributed by atoms with Crippen molar-refractivity contribution in [1.29, 1.82) is 0 Å². The minimum atomic E-state index is -0.281. The molecule has 1 aliphatic rings. The van der Waals surface area contributed by atoms with Crippen LogP contribution in [0.3, 0.4) is 0 Å². The van der Waals surface area contributed by atoms with Gasteiger partial charge in [-0.1, -0.05) is 51.1 Å². The summed E-state index contributed by atoms with van der Waals surface area (Å²) in [5, 5.41) is 1.37. The van der Waals surface area contributed by atoms with Gasteiger partial charge in [0.2, 0.25) is 0 Å². The van der Waals surface area contributed by atoms with Gasteiger partial charge in [-0.15, -0.1) is 0 Å². The summed E-state index contributed by atoms with van der Waals surface area (Å²) in [6, 6.07) is 16.4. The normalized spacial score (nSPS) is 15.8. The molecular formula is C24H25N3O2S. The number of hydrogen-bond donors (Lipinski definition) is 1. The molecule has 0 saturated carbocycles. The zero-order valence-electron chi connectivity index (χ0n) is 17.4. The first-order chi connectivity index (χ1) is 14.3. The predicted molar refractivity (Wildman–Crippen MR) is 125 cm³/mol. The van der Waals surface area contributed by atoms with Crippen LogP contribution in [0.2, 0.25) is 0 Å². The lowest BCUT2D eigenvalue weighted by Crippen LogP contribution is -2.11. The molecule has 0 saturated heterocycles. The van der Waals surface area contributed by atoms with Crippen LogP contribution in [0.5, 0.6) is 5.75 Å². The molecule has 1 amide bonds. The first-order valence-electron chi connectivity index (χ1n) is 9.90. The molecule has 3 aromatic rings. The number of carbonyl (C=O) groups is 1. The summed E-state index contributed by atoms with van der Waals surface area (Å²) < 4.78 is 8.12. The molecule has 0 bridgehead atoms. The van der Waals surface area contributed by atoms with Gasteiger partial charge in [0.15, 0.2) is 5.17 Å². The van der Waals surface area contributed by atoms with E-state index in [1.165, 1.54) is 17.3 Å². The van der Waals surface area contributed by atoms with E-state index >= 15 is 0 Å². The first-order valence-corrected chi connectivity index (χ1v) is 10.7. The molecule has 2 N–H and O–H groups in total. The Labute approximate surface area is 180 Å². The van der Waals surface area contributed by atoms with Crippen LogP contribution >= 0.6 is 11.8 Å². The lowest BCUT2D eigenvalue weighted by molar-refractivity contribution is -0.113. The Morgan fingerprint density at radius 3 is 2.53 bits per heavy atom. The van der Waals surface area contributed by atoms with Gasteiger partial charge in [0.1, 0.15) is 12.4 Å². The summed E-state index contributed by atoms with van der Waals surface area (Å²) in [6.07, 6.45) is 3.91. The molecule has 1 aromatic heterocycles. The molecule has 0 atom stereocenters. The number of ether oxygens (including phenoxy) is 1. The number of hydrogen-bond acceptors (Lipinski definition) is 4. The molecule has 2 aromatic carbocycles. The van der Waals surface area contributed by atoms with Crippen LogP contribution in [0.25, 0.3) is 17.0 Å². The van der Waals surface area contributed by atoms with Crippen LogP contribution in [0.15, 0.2) is 64.6 Å². The van der Waals surface area contributed by atoms with Gasteiger partial charge in [0, 0.05) is 22.7 Å². The second-order valence-electron chi connectivity index (χ2n) is 8.28. The van der Waals surface area contributed by atoms with E-state index in [4.69, 9.17) is 10.5 Å². The van der Waals surface area contributed by atoms with Crippen LogP contribution < -0.4 is 10.5 Å². The van der Waals surface area contributed by atoms with Crippen molar-refractivity contribution in [2.75, 3.05) is 6.61 Å². The van der Waals surface area contributed by atoms with Crippen molar-refractivity contribution in [2.45, 2.75) is 32.7 Å². The second-order valence-corrected chi connectivity index (χ2v) is 9.35. The van der Waals surface area contributed by atoms with Crippen LogP contribution in [0.1, 0.15) is 31.9 Å². The molecule has 5 nitrogen and oxygen atoms in total. The summed E-state index contributed by atoms with van der Waals surface area (Å²) >= 11 is 1.21. The van der Waals surface area contributed by atoms with Crippen LogP contribution in [-0.2, 0) is 16.8 Å². The van der Waals surface area contributed by atoms with Crippen molar-refractivity contribution >= 4 is 39.8 Å². The number of amidine groups is 1. The Hall–Kier alpha value is -2.99. The van der Waals surface area contributed by atoms with Crippen molar-refractivity contribution < 1.29 is 9.53 Å². The number of thioether (sulfide) groups is 1. The zero-order chi connectivity index (χ0) is 21.3. The zero-order valence-corrected chi connectivity index (χ0v) is 18.2. The van der Waals surface area contributed by atoms with Gasteiger partial charge in [-0.25, -0.2) is 0 Å². The van der Waals surface area contributed by atoms with Crippen LogP contribution in [-0.4, -0.2) is 22.2 Å². The van der Waals surface area contributed by atoms with Crippen molar-refractivity contribution in [1.82, 2.24) is 4.57 Å². The third kappa shape index (κ3) is 4.28. The van der Waals surface area contributed by atoms with Gasteiger partial charge in [0.25, 0.3) is 5.91 Å². The van der Waals surface area contributed by atoms with Gasteiger partial charge in [-0.2, -0.15) is 4.99 Å². The van der Waals surface area contributed by atoms with Crippen molar-refractivity contribution in [2.24, 2.45) is 10.7 Å². The fourth-order valence-corrected chi connectivity index (χ4v) is 4.13. The van der Waals surface area contributed by atoms with Crippen LogP contribution in [0, 0.1) is 0 Å². The molecule has 0 radical (unpaired) electrons. The Kier molecular flexibility index (Phi) is 5.43. The average molecular weight is 420 g/mol. The maximum Gasteiger partial charge on any atom is 0.286 e. The fraction of sp³-hybridized carbons (Fsp3) is 0.250. The Balaban J connectivity index is 1.50. The van der Waals surface area contributed by atoms with E-state index in [9.17, 15) is 4.79 Å². The van der Waals surface area contributed by atoms with Gasteiger partial charge in [-0.3, -0.25) is 4.79 Å². The molecule has 0 unspecified atom stereocenters. The highest BCUT2D eigenvalue weighted by molar-refractivity contribution is 8.18. The minimum Gasteiger partial charge on any atom is -0.492 e. The largest absolute Gasteiger partial charge is 0.492 e. The molecule has 1 aliphatic heterocycles. The van der Waals surface area contributed by atoms with E-state index < -0.39 is 0 Å². The average Bonchev–Trinajstić information content (AvgIpc) is 3.21. The van der Waals surface area contributed by atoms with Gasteiger partial charge < -0.3 is 15.0 Å². The Bertz CT molecular complexity index is 1150. The molecule has 0 fully saturated rings. The molecule has 30 heavy (non-hydrogen) atoms. The van der Waals surface area contributed by atoms with Crippen molar-refractivity contribution in [3.05, 3.63) is 70.8 Å². The number of nitrogens with zero attached hydrogens (tertiary/aromatic N) is 2. The quantitative estimate of drug-likeness (QED) is 0.594. The smallest absolute Gasteiger partial charge is 0.286 e. The van der Waals surface area contributed by atoms with E-state index in [0.717, 1.165) is 22.2 Å². The summed E-state index contributed by atoms with van der Waals surface area (Å²) in [6.45, 7) is 7.85. The number of carbonyl (C=O) groups excluding carboxylic acids is 1. The molecule has 4 rings (SSSR count). The van der Waals surface area contributed by atoms with Gasteiger partial charge in [0.05, 0.1) is 11.4 Å². The summed E-state index contributed by atoms with van der Waals surface area (Å²) in [7, 11) is 0. The second kappa shape index (κ2) is 8.03. The van der Waals surface area contributed by atoms with E-state index in [-0.39, 0.29) is 11.3 Å². The molecule has 6 heteroatoms. The SMILES string of the molecule is CC(C)(C)c1ccc(OCCn2cc(C=C3SC(N)=NC3=O)c3ccccc32)cc1. The van der Waals surface area contributed by atoms with Crippen LogP contribution in [0.4, 0.5) is 0 Å². The third-order valence-corrected chi connectivity index (χ3v) is 5.88. The van der Waals surface area contributed by atoms with Crippen molar-refractivity contribution in [3.8, 4) is 5.75 Å². The van der Waals surface area contributed by atoms with E-state index in [0.29, 0.717) is 23.2 Å². The monoisotopic (exact) mass is 419 g/mol. The maximum absolute atomic E-state index is 12.0. The number of rotatable bonds is 5. The molecule has 0 spiro atoms. The highest BCUT2D eigenvalue weighted by Gasteiger charge is 2.20. The molecular weight excluding hydrogens is 394 g/mol. The predicted octanol–water partition coefficient (Wildman–Crippen LogP) is 4.95. The highest BCUT2D eigenvalue weighted by Crippen LogP contribution is 2.30.